The minimum absolute atomic E-state index is 0.0927. The first kappa shape index (κ1) is 11.6. The number of nitrogens with zero attached hydrogens (tertiary/aromatic N) is 1. The molecule has 1 unspecified atom stereocenters. The van der Waals surface area contributed by atoms with Gasteiger partial charge in [-0.2, -0.15) is 0 Å². The molecule has 4 nitrogen and oxygen atoms in total. The lowest BCUT2D eigenvalue weighted by Gasteiger charge is -2.12. The molecule has 0 spiro atoms. The molecule has 14 heavy (non-hydrogen) atoms. The van der Waals surface area contributed by atoms with Gasteiger partial charge in [0.25, 0.3) is 0 Å². The van der Waals surface area contributed by atoms with E-state index in [1.165, 1.54) is 0 Å². The van der Waals surface area contributed by atoms with Gasteiger partial charge in [-0.3, -0.25) is 4.98 Å². The number of hydrogen-bond acceptors (Lipinski definition) is 3. The molecule has 6 heteroatoms. The predicted molar refractivity (Wildman–Crippen MR) is 58.5 cm³/mol. The summed E-state index contributed by atoms with van der Waals surface area (Å²) in [5, 5.41) is 0. The summed E-state index contributed by atoms with van der Waals surface area (Å²) >= 11 is 2.91. The van der Waals surface area contributed by atoms with E-state index in [9.17, 15) is 8.42 Å². The van der Waals surface area contributed by atoms with E-state index in [1.807, 2.05) is 6.07 Å². The third-order valence-corrected chi connectivity index (χ3v) is 4.49. The molecule has 1 N–H and O–H groups in total. The van der Waals surface area contributed by atoms with Gasteiger partial charge in [0, 0.05) is 18.4 Å². The number of sulfonamides is 1. The van der Waals surface area contributed by atoms with Gasteiger partial charge in [-0.15, -0.1) is 0 Å². The molecule has 0 saturated heterocycles. The molecule has 78 valence electrons. The van der Waals surface area contributed by atoms with Crippen LogP contribution in [-0.4, -0.2) is 18.1 Å². The highest BCUT2D eigenvalue weighted by Gasteiger charge is 2.13. The first-order valence-electron chi connectivity index (χ1n) is 4.01. The van der Waals surface area contributed by atoms with Crippen molar-refractivity contribution in [3.05, 3.63) is 30.1 Å². The zero-order chi connectivity index (χ0) is 10.6. The van der Waals surface area contributed by atoms with E-state index in [-0.39, 0.29) is 10.7 Å². The zero-order valence-corrected chi connectivity index (χ0v) is 10.0. The summed E-state index contributed by atoms with van der Waals surface area (Å²) < 4.78 is 24.8. The van der Waals surface area contributed by atoms with E-state index >= 15 is 0 Å². The van der Waals surface area contributed by atoms with Crippen LogP contribution in [0.5, 0.6) is 0 Å². The highest BCUT2D eigenvalue weighted by molar-refractivity contribution is 9.10. The van der Waals surface area contributed by atoms with E-state index in [4.69, 9.17) is 0 Å². The second kappa shape index (κ2) is 4.86. The third-order valence-electron chi connectivity index (χ3n) is 1.68. The van der Waals surface area contributed by atoms with Gasteiger partial charge < -0.3 is 0 Å². The Balaban J connectivity index is 2.74. The summed E-state index contributed by atoms with van der Waals surface area (Å²) in [6, 6.07) is 3.34. The van der Waals surface area contributed by atoms with Crippen molar-refractivity contribution < 1.29 is 8.42 Å². The van der Waals surface area contributed by atoms with Crippen molar-refractivity contribution in [2.45, 2.75) is 13.0 Å². The number of hydrogen-bond donors (Lipinski definition) is 1. The molecule has 0 aliphatic carbocycles. The molecular formula is C8H11BrN2O2S. The molecular weight excluding hydrogens is 268 g/mol. The number of pyridine rings is 1. The average Bonchev–Trinajstić information content (AvgIpc) is 2.19. The van der Waals surface area contributed by atoms with Gasteiger partial charge >= 0.3 is 0 Å². The normalized spacial score (nSPS) is 13.9. The zero-order valence-electron chi connectivity index (χ0n) is 7.64. The van der Waals surface area contributed by atoms with Gasteiger partial charge in [0.1, 0.15) is 4.66 Å². The minimum Gasteiger partial charge on any atom is -0.264 e. The van der Waals surface area contributed by atoms with Crippen LogP contribution in [0.2, 0.25) is 0 Å². The lowest BCUT2D eigenvalue weighted by atomic mass is 10.2. The second-order valence-electron chi connectivity index (χ2n) is 2.85. The van der Waals surface area contributed by atoms with Gasteiger partial charge in [-0.05, 0) is 18.6 Å². The van der Waals surface area contributed by atoms with Crippen LogP contribution in [0.25, 0.3) is 0 Å². The van der Waals surface area contributed by atoms with Crippen molar-refractivity contribution in [3.63, 3.8) is 0 Å². The Labute approximate surface area is 91.9 Å². The maximum atomic E-state index is 11.2. The van der Waals surface area contributed by atoms with Crippen LogP contribution in [0.15, 0.2) is 24.5 Å². The van der Waals surface area contributed by atoms with Gasteiger partial charge in [-0.1, -0.05) is 22.0 Å². The second-order valence-corrected chi connectivity index (χ2v) is 5.91. The fraction of sp³-hybridized carbons (Fsp3) is 0.375. The SMILES string of the molecule is CC(NS(=O)(=O)CBr)c1cccnc1. The fourth-order valence-electron chi connectivity index (χ4n) is 1.00. The van der Waals surface area contributed by atoms with Crippen LogP contribution in [0.1, 0.15) is 18.5 Å². The van der Waals surface area contributed by atoms with E-state index in [0.29, 0.717) is 0 Å². The Morgan fingerprint density at radius 2 is 2.36 bits per heavy atom. The van der Waals surface area contributed by atoms with Crippen molar-refractivity contribution in [1.82, 2.24) is 9.71 Å². The smallest absolute Gasteiger partial charge is 0.222 e. The van der Waals surface area contributed by atoms with Gasteiger partial charge in [0.15, 0.2) is 0 Å². The van der Waals surface area contributed by atoms with Crippen molar-refractivity contribution in [3.8, 4) is 0 Å². The first-order chi connectivity index (χ1) is 6.55. The van der Waals surface area contributed by atoms with Gasteiger partial charge in [-0.25, -0.2) is 13.1 Å². The summed E-state index contributed by atoms with van der Waals surface area (Å²) in [6.45, 7) is 1.78. The molecule has 0 fully saturated rings. The quantitative estimate of drug-likeness (QED) is 0.848. The Bertz CT molecular complexity index is 380. The average molecular weight is 279 g/mol. The van der Waals surface area contributed by atoms with E-state index in [1.54, 1.807) is 25.4 Å². The number of alkyl halides is 1. The third kappa shape index (κ3) is 3.36. The molecule has 0 aliphatic rings. The molecule has 1 rings (SSSR count). The Morgan fingerprint density at radius 1 is 1.64 bits per heavy atom. The van der Waals surface area contributed by atoms with E-state index < -0.39 is 10.0 Å². The summed E-state index contributed by atoms with van der Waals surface area (Å²) in [6.07, 6.45) is 3.29. The standard InChI is InChI=1S/C8H11BrN2O2S/c1-7(11-14(12,13)6-9)8-3-2-4-10-5-8/h2-5,7,11H,6H2,1H3. The summed E-state index contributed by atoms with van der Waals surface area (Å²) in [5.74, 6) is 0. The van der Waals surface area contributed by atoms with Gasteiger partial charge in [0.2, 0.25) is 10.0 Å². The molecule has 0 aliphatic heterocycles. The fourth-order valence-corrected chi connectivity index (χ4v) is 2.14. The van der Waals surface area contributed by atoms with Crippen LogP contribution in [-0.2, 0) is 10.0 Å². The molecule has 0 saturated carbocycles. The Kier molecular flexibility index (Phi) is 4.03. The van der Waals surface area contributed by atoms with Crippen molar-refractivity contribution >= 4 is 26.0 Å². The van der Waals surface area contributed by atoms with E-state index in [0.717, 1.165) is 5.56 Å². The molecule has 1 aromatic rings. The lowest BCUT2D eigenvalue weighted by Crippen LogP contribution is -2.27. The Morgan fingerprint density at radius 3 is 2.86 bits per heavy atom. The summed E-state index contributed by atoms with van der Waals surface area (Å²) in [5.41, 5.74) is 0.844. The van der Waals surface area contributed by atoms with Crippen LogP contribution in [0, 0.1) is 0 Å². The first-order valence-corrected chi connectivity index (χ1v) is 6.78. The van der Waals surface area contributed by atoms with Crippen molar-refractivity contribution in [2.24, 2.45) is 0 Å². The Hall–Kier alpha value is -0.460. The largest absolute Gasteiger partial charge is 0.264 e. The highest BCUT2D eigenvalue weighted by Crippen LogP contribution is 2.11. The summed E-state index contributed by atoms with van der Waals surface area (Å²) in [7, 11) is -3.23. The molecule has 1 heterocycles. The monoisotopic (exact) mass is 278 g/mol. The summed E-state index contributed by atoms with van der Waals surface area (Å²) in [4.78, 5) is 3.92. The van der Waals surface area contributed by atoms with Crippen LogP contribution < -0.4 is 4.72 Å². The van der Waals surface area contributed by atoms with Crippen LogP contribution >= 0.6 is 15.9 Å². The molecule has 0 radical (unpaired) electrons. The minimum atomic E-state index is -3.23. The lowest BCUT2D eigenvalue weighted by molar-refractivity contribution is 0.572. The topological polar surface area (TPSA) is 59.1 Å². The highest BCUT2D eigenvalue weighted by atomic mass is 79.9. The number of aromatic nitrogens is 1. The van der Waals surface area contributed by atoms with Gasteiger partial charge in [0.05, 0.1) is 0 Å². The molecule has 0 aromatic carbocycles. The molecule has 0 bridgehead atoms. The molecule has 1 atom stereocenters. The van der Waals surface area contributed by atoms with Crippen molar-refractivity contribution in [1.29, 1.82) is 0 Å². The van der Waals surface area contributed by atoms with Crippen molar-refractivity contribution in [2.75, 3.05) is 4.66 Å². The van der Waals surface area contributed by atoms with E-state index in [2.05, 4.69) is 25.6 Å². The number of halogens is 1. The maximum absolute atomic E-state index is 11.2. The molecule has 1 aromatic heterocycles. The predicted octanol–water partition coefficient (Wildman–Crippen LogP) is 1.41. The van der Waals surface area contributed by atoms with Crippen LogP contribution in [0.3, 0.4) is 0 Å². The number of nitrogens with one attached hydrogen (secondary N) is 1. The number of rotatable bonds is 4. The maximum Gasteiger partial charge on any atom is 0.222 e. The van der Waals surface area contributed by atoms with Crippen LogP contribution in [0.4, 0.5) is 0 Å². The molecule has 0 amide bonds.